The third-order valence-corrected chi connectivity index (χ3v) is 11.8. The molecule has 10 heteroatoms. The number of amides is 4. The van der Waals surface area contributed by atoms with Crippen molar-refractivity contribution < 1.29 is 29.0 Å². The van der Waals surface area contributed by atoms with Gasteiger partial charge in [-0.1, -0.05) is 83.4 Å². The molecule has 0 aromatic heterocycles. The second-order valence-corrected chi connectivity index (χ2v) is 14.3. The number of methoxy groups -OCH3 is 1. The Hall–Kier alpha value is -4.92. The van der Waals surface area contributed by atoms with Gasteiger partial charge in [0.2, 0.25) is 23.6 Å². The van der Waals surface area contributed by atoms with Gasteiger partial charge in [-0.2, -0.15) is 0 Å². The van der Waals surface area contributed by atoms with Crippen molar-refractivity contribution in [3.05, 3.63) is 129 Å². The molecule has 0 unspecified atom stereocenters. The number of phenols is 1. The van der Waals surface area contributed by atoms with Gasteiger partial charge in [0.15, 0.2) is 0 Å². The molecule has 1 N–H and O–H groups in total. The van der Waals surface area contributed by atoms with Crippen LogP contribution >= 0.6 is 23.2 Å². The molecule has 8 nitrogen and oxygen atoms in total. The minimum Gasteiger partial charge on any atom is -0.508 e. The van der Waals surface area contributed by atoms with Crippen molar-refractivity contribution in [2.24, 2.45) is 23.7 Å². The van der Waals surface area contributed by atoms with E-state index in [0.29, 0.717) is 38.3 Å². The summed E-state index contributed by atoms with van der Waals surface area (Å²) in [5, 5.41) is 11.3. The molecule has 2 aliphatic heterocycles. The van der Waals surface area contributed by atoms with Crippen LogP contribution in [0.3, 0.4) is 0 Å². The van der Waals surface area contributed by atoms with Crippen molar-refractivity contribution >= 4 is 58.2 Å². The molecule has 50 heavy (non-hydrogen) atoms. The summed E-state index contributed by atoms with van der Waals surface area (Å²) in [6.07, 6.45) is 2.41. The van der Waals surface area contributed by atoms with E-state index in [1.54, 1.807) is 48.5 Å². The summed E-state index contributed by atoms with van der Waals surface area (Å²) < 4.78 is 5.84. The van der Waals surface area contributed by atoms with Gasteiger partial charge in [0.25, 0.3) is 0 Å². The number of halogens is 2. The average Bonchev–Trinajstić information content (AvgIpc) is 3.50. The van der Waals surface area contributed by atoms with E-state index in [1.165, 1.54) is 29.0 Å². The maximum atomic E-state index is 15.4. The zero-order valence-electron chi connectivity index (χ0n) is 27.2. The Bertz CT molecular complexity index is 2150. The van der Waals surface area contributed by atoms with Gasteiger partial charge >= 0.3 is 0 Å². The van der Waals surface area contributed by atoms with Crippen molar-refractivity contribution in [2.75, 3.05) is 16.9 Å². The lowest BCUT2D eigenvalue weighted by atomic mass is 9.49. The maximum absolute atomic E-state index is 15.4. The Morgan fingerprint density at radius 1 is 0.800 bits per heavy atom. The van der Waals surface area contributed by atoms with Crippen LogP contribution in [0.15, 0.2) is 103 Å². The van der Waals surface area contributed by atoms with Gasteiger partial charge in [-0.25, -0.2) is 9.80 Å². The topological polar surface area (TPSA) is 104 Å². The third-order valence-electron chi connectivity index (χ3n) is 11.1. The van der Waals surface area contributed by atoms with Gasteiger partial charge in [-0.15, -0.1) is 0 Å². The van der Waals surface area contributed by atoms with Crippen molar-refractivity contribution in [1.29, 1.82) is 0 Å². The van der Waals surface area contributed by atoms with E-state index in [9.17, 15) is 19.5 Å². The highest BCUT2D eigenvalue weighted by Crippen LogP contribution is 2.65. The summed E-state index contributed by atoms with van der Waals surface area (Å²) in [4.78, 5) is 61.3. The average molecular weight is 708 g/mol. The number of hydrogen-bond donors (Lipinski definition) is 1. The number of nitrogens with zero attached hydrogens (tertiary/aromatic N) is 2. The van der Waals surface area contributed by atoms with Gasteiger partial charge in [0.1, 0.15) is 11.5 Å². The van der Waals surface area contributed by atoms with Gasteiger partial charge < -0.3 is 9.84 Å². The number of imide groups is 2. The van der Waals surface area contributed by atoms with E-state index in [2.05, 4.69) is 0 Å². The zero-order chi connectivity index (χ0) is 35.1. The number of benzene rings is 4. The van der Waals surface area contributed by atoms with Crippen LogP contribution in [0.5, 0.6) is 11.5 Å². The van der Waals surface area contributed by atoms with E-state index in [0.717, 1.165) is 11.1 Å². The third kappa shape index (κ3) is 4.51. The predicted octanol–water partition coefficient (Wildman–Crippen LogP) is 7.38. The standard InChI is InChI=1S/C40H32Cl2N2O6/c1-21-11-12-25(18-32(21)42)43-36(46)29-16-15-27-30(34(29)38(43)48)20-31-37(47)44(24-10-6-9-23(41)17-24)39(49)40(31,22-7-4-3-5-8-22)35(27)28-14-13-26(45)19-33(28)50-2/h3-15,17-19,29-31,34-35,45H,16,20H2,1-2H3/t29-,30+,31-,34-,35+,40+/m0/s1. The number of ether oxygens (including phenoxy) is 1. The van der Waals surface area contributed by atoms with E-state index < -0.39 is 46.8 Å². The molecule has 1 saturated carbocycles. The fraction of sp³-hybridized carbons (Fsp3) is 0.250. The summed E-state index contributed by atoms with van der Waals surface area (Å²) in [6.45, 7) is 1.85. The van der Waals surface area contributed by atoms with Crippen LogP contribution in [0.25, 0.3) is 0 Å². The van der Waals surface area contributed by atoms with E-state index in [1.807, 2.05) is 43.3 Å². The predicted molar refractivity (Wildman–Crippen MR) is 189 cm³/mol. The molecular formula is C40H32Cl2N2O6. The fourth-order valence-corrected chi connectivity index (χ4v) is 9.36. The van der Waals surface area contributed by atoms with E-state index in [-0.39, 0.29) is 30.4 Å². The van der Waals surface area contributed by atoms with Crippen LogP contribution in [0.4, 0.5) is 11.4 Å². The lowest BCUT2D eigenvalue weighted by Crippen LogP contribution is -2.53. The molecule has 3 fully saturated rings. The maximum Gasteiger partial charge on any atom is 0.246 e. The Morgan fingerprint density at radius 2 is 1.56 bits per heavy atom. The van der Waals surface area contributed by atoms with Crippen LogP contribution in [0.2, 0.25) is 10.0 Å². The quantitative estimate of drug-likeness (QED) is 0.172. The largest absolute Gasteiger partial charge is 0.508 e. The Labute approximate surface area is 298 Å². The van der Waals surface area contributed by atoms with Crippen molar-refractivity contribution in [3.8, 4) is 11.5 Å². The summed E-state index contributed by atoms with van der Waals surface area (Å²) in [6, 6.07) is 25.8. The van der Waals surface area contributed by atoms with Crippen molar-refractivity contribution in [2.45, 2.75) is 31.1 Å². The molecule has 0 radical (unpaired) electrons. The summed E-state index contributed by atoms with van der Waals surface area (Å²) in [5.41, 5.74) is 2.11. The normalized spacial score (nSPS) is 27.2. The first-order chi connectivity index (χ1) is 24.1. The number of phenolic OH excluding ortho intramolecular Hbond substituents is 1. The number of carbonyl (C=O) groups is 4. The highest BCUT2D eigenvalue weighted by atomic mass is 35.5. The lowest BCUT2D eigenvalue weighted by molar-refractivity contribution is -0.127. The highest BCUT2D eigenvalue weighted by Gasteiger charge is 2.70. The second-order valence-electron chi connectivity index (χ2n) is 13.5. The summed E-state index contributed by atoms with van der Waals surface area (Å²) in [7, 11) is 1.49. The van der Waals surface area contributed by atoms with Crippen LogP contribution in [-0.4, -0.2) is 35.8 Å². The molecule has 6 atom stereocenters. The van der Waals surface area contributed by atoms with Crippen molar-refractivity contribution in [1.82, 2.24) is 0 Å². The molecule has 4 amide bonds. The number of aryl methyl sites for hydroxylation is 1. The molecule has 8 rings (SSSR count). The second kappa shape index (κ2) is 11.9. The lowest BCUT2D eigenvalue weighted by Gasteiger charge is -2.51. The molecule has 2 aliphatic carbocycles. The molecule has 2 saturated heterocycles. The first-order valence-electron chi connectivity index (χ1n) is 16.5. The molecule has 252 valence electrons. The zero-order valence-corrected chi connectivity index (χ0v) is 28.7. The molecule has 2 heterocycles. The van der Waals surface area contributed by atoms with Gasteiger partial charge in [0, 0.05) is 27.6 Å². The number of aromatic hydroxyl groups is 1. The molecule has 4 aliphatic rings. The number of allylic oxidation sites excluding steroid dienone is 2. The number of hydrogen-bond acceptors (Lipinski definition) is 6. The monoisotopic (exact) mass is 706 g/mol. The van der Waals surface area contributed by atoms with Crippen LogP contribution in [-0.2, 0) is 24.6 Å². The highest BCUT2D eigenvalue weighted by molar-refractivity contribution is 6.33. The van der Waals surface area contributed by atoms with Crippen LogP contribution in [0, 0.1) is 30.6 Å². The molecule has 0 spiro atoms. The molecule has 0 bridgehead atoms. The number of carbonyl (C=O) groups excluding carboxylic acids is 4. The van der Waals surface area contributed by atoms with E-state index >= 15 is 4.79 Å². The Kier molecular flexibility index (Phi) is 7.66. The Balaban J connectivity index is 1.36. The Morgan fingerprint density at radius 3 is 2.28 bits per heavy atom. The molecule has 4 aromatic carbocycles. The van der Waals surface area contributed by atoms with Gasteiger partial charge in [0.05, 0.1) is 41.7 Å². The molecule has 4 aromatic rings. The number of rotatable bonds is 5. The summed E-state index contributed by atoms with van der Waals surface area (Å²) in [5.74, 6) is -4.91. The van der Waals surface area contributed by atoms with Gasteiger partial charge in [-0.05, 0) is 73.2 Å². The van der Waals surface area contributed by atoms with Crippen LogP contribution in [0.1, 0.15) is 35.4 Å². The minimum atomic E-state index is -1.46. The first kappa shape index (κ1) is 32.3. The summed E-state index contributed by atoms with van der Waals surface area (Å²) >= 11 is 12.8. The number of fused-ring (bicyclic) bond motifs is 4. The van der Waals surface area contributed by atoms with Crippen molar-refractivity contribution in [3.63, 3.8) is 0 Å². The van der Waals surface area contributed by atoms with Gasteiger partial charge in [-0.3, -0.25) is 19.2 Å². The fourth-order valence-electron chi connectivity index (χ4n) is 9.00. The number of anilines is 2. The van der Waals surface area contributed by atoms with E-state index in [4.69, 9.17) is 27.9 Å². The molecular weight excluding hydrogens is 675 g/mol. The smallest absolute Gasteiger partial charge is 0.246 e. The first-order valence-corrected chi connectivity index (χ1v) is 17.2. The SMILES string of the molecule is COc1cc(O)ccc1[C@H]1C2=CC[C@@H]3C(=O)N(c4ccc(C)c(Cl)c4)C(=O)[C@@H]3[C@@H]2C[C@H]2C(=O)N(c3cccc(Cl)c3)C(=O)[C@@]12c1ccccc1. The van der Waals surface area contributed by atoms with Crippen LogP contribution < -0.4 is 14.5 Å². The minimum absolute atomic E-state index is 0.0284.